The molecule has 4 heteroatoms. The fourth-order valence-electron chi connectivity index (χ4n) is 3.10. The van der Waals surface area contributed by atoms with Gasteiger partial charge in [0.05, 0.1) is 0 Å². The molecule has 0 aromatic rings. The van der Waals surface area contributed by atoms with Gasteiger partial charge in [-0.25, -0.2) is 0 Å². The van der Waals surface area contributed by atoms with Crippen LogP contribution in [-0.4, -0.2) is 11.6 Å². The van der Waals surface area contributed by atoms with Crippen molar-refractivity contribution in [1.29, 1.82) is 10.5 Å². The van der Waals surface area contributed by atoms with Crippen molar-refractivity contribution in [1.82, 2.24) is 0 Å². The van der Waals surface area contributed by atoms with Crippen molar-refractivity contribution in [3.05, 3.63) is 34.9 Å². The highest BCUT2D eigenvalue weighted by molar-refractivity contribution is 6.03. The summed E-state index contributed by atoms with van der Waals surface area (Å²) in [5, 5.41) is 17.7. The molecule has 1 aliphatic rings. The van der Waals surface area contributed by atoms with Gasteiger partial charge in [-0.1, -0.05) is 34.9 Å². The van der Waals surface area contributed by atoms with Crippen LogP contribution in [0.5, 0.6) is 0 Å². The molecule has 0 N–H and O–H groups in total. The summed E-state index contributed by atoms with van der Waals surface area (Å²) in [4.78, 5) is 23.5. The van der Waals surface area contributed by atoms with E-state index in [4.69, 9.17) is 10.5 Å². The second kappa shape index (κ2) is 10.4. The first-order chi connectivity index (χ1) is 11.9. The summed E-state index contributed by atoms with van der Waals surface area (Å²) in [6.45, 7) is 6.31. The van der Waals surface area contributed by atoms with E-state index in [1.165, 1.54) is 11.1 Å². The lowest BCUT2D eigenvalue weighted by Gasteiger charge is -2.26. The van der Waals surface area contributed by atoms with E-state index in [9.17, 15) is 9.59 Å². The first-order valence-electron chi connectivity index (χ1n) is 8.73. The van der Waals surface area contributed by atoms with Gasteiger partial charge >= 0.3 is 0 Å². The Morgan fingerprint density at radius 3 is 2.32 bits per heavy atom. The summed E-state index contributed by atoms with van der Waals surface area (Å²) in [7, 11) is 0. The van der Waals surface area contributed by atoms with E-state index < -0.39 is 23.4 Å². The number of Topliss-reactive ketones (excluding diaryl/α,β-unsaturated/α-hetero) is 2. The lowest BCUT2D eigenvalue weighted by molar-refractivity contribution is -0.126. The van der Waals surface area contributed by atoms with Gasteiger partial charge < -0.3 is 0 Å². The average Bonchev–Trinajstić information content (AvgIpc) is 2.59. The van der Waals surface area contributed by atoms with Gasteiger partial charge in [0.25, 0.3) is 0 Å². The van der Waals surface area contributed by atoms with Gasteiger partial charge in [0.15, 0.2) is 0 Å². The molecule has 1 rings (SSSR count). The number of ketones is 2. The predicted molar refractivity (Wildman–Crippen MR) is 97.2 cm³/mol. The molecule has 0 saturated carbocycles. The molecule has 0 fully saturated rings. The molecule has 2 atom stereocenters. The van der Waals surface area contributed by atoms with Gasteiger partial charge in [-0.3, -0.25) is 9.59 Å². The quantitative estimate of drug-likeness (QED) is 0.478. The second-order valence-corrected chi connectivity index (χ2v) is 6.88. The Balaban J connectivity index is 2.63. The van der Waals surface area contributed by atoms with Crippen LogP contribution in [0.4, 0.5) is 0 Å². The van der Waals surface area contributed by atoms with Gasteiger partial charge in [0.2, 0.25) is 11.6 Å². The summed E-state index contributed by atoms with van der Waals surface area (Å²) >= 11 is 0. The van der Waals surface area contributed by atoms with Crippen LogP contribution >= 0.6 is 0 Å². The van der Waals surface area contributed by atoms with Gasteiger partial charge in [-0.2, -0.15) is 10.5 Å². The topological polar surface area (TPSA) is 81.7 Å². The lowest BCUT2D eigenvalue weighted by atomic mass is 9.74. The Labute approximate surface area is 150 Å². The minimum Gasteiger partial charge on any atom is -0.282 e. The molecule has 4 nitrogen and oxygen atoms in total. The molecule has 0 amide bonds. The Hall–Kier alpha value is -2.46. The summed E-state index contributed by atoms with van der Waals surface area (Å²) in [6, 6.07) is 3.23. The molecule has 0 aromatic heterocycles. The van der Waals surface area contributed by atoms with Gasteiger partial charge in [0, 0.05) is 11.8 Å². The minimum atomic E-state index is -0.667. The first-order valence-corrected chi connectivity index (χ1v) is 8.73. The summed E-state index contributed by atoms with van der Waals surface area (Å²) in [5.41, 5.74) is 3.77. The molecule has 0 bridgehead atoms. The van der Waals surface area contributed by atoms with E-state index in [0.29, 0.717) is 12.8 Å². The van der Waals surface area contributed by atoms with Crippen LogP contribution in [0.25, 0.3) is 0 Å². The van der Waals surface area contributed by atoms with Gasteiger partial charge in [-0.05, 0) is 59.3 Å². The Kier molecular flexibility index (Phi) is 8.57. The van der Waals surface area contributed by atoms with Crippen LogP contribution in [0.1, 0.15) is 59.3 Å². The van der Waals surface area contributed by atoms with Crippen LogP contribution in [0, 0.1) is 34.5 Å². The predicted octanol–water partition coefficient (Wildman–Crippen LogP) is 4.60. The van der Waals surface area contributed by atoms with Crippen LogP contribution in [0.15, 0.2) is 34.9 Å². The van der Waals surface area contributed by atoms with Crippen LogP contribution in [0.2, 0.25) is 0 Å². The molecule has 1 aliphatic carbocycles. The number of allylic oxidation sites excluding steroid dienone is 6. The fourth-order valence-corrected chi connectivity index (χ4v) is 3.10. The van der Waals surface area contributed by atoms with Crippen molar-refractivity contribution in [3.63, 3.8) is 0 Å². The van der Waals surface area contributed by atoms with Gasteiger partial charge in [0.1, 0.15) is 12.1 Å². The zero-order valence-electron chi connectivity index (χ0n) is 15.3. The maximum Gasteiger partial charge on any atom is 0.236 e. The standard InChI is InChI=1S/C21H26N2O2/c1-15(2)6-4-7-16(3)8-5-9-17-10-11-18(20(24)13-22)19(12-17)21(25)14-23/h6,8,10,18-19H,4-5,7,9,11-12H2,1-3H3/b16-8-. The summed E-state index contributed by atoms with van der Waals surface area (Å²) in [5.74, 6) is -2.52. The molecule has 0 heterocycles. The van der Waals surface area contributed by atoms with Gasteiger partial charge in [-0.15, -0.1) is 0 Å². The van der Waals surface area contributed by atoms with Crippen LogP contribution in [-0.2, 0) is 9.59 Å². The highest BCUT2D eigenvalue weighted by Crippen LogP contribution is 2.33. The fraction of sp³-hybridized carbons (Fsp3) is 0.524. The van der Waals surface area contributed by atoms with Crippen LogP contribution < -0.4 is 0 Å². The number of carbonyl (C=O) groups excluding carboxylic acids is 2. The van der Waals surface area contributed by atoms with E-state index in [0.717, 1.165) is 31.3 Å². The van der Waals surface area contributed by atoms with E-state index >= 15 is 0 Å². The van der Waals surface area contributed by atoms with Crippen molar-refractivity contribution < 1.29 is 9.59 Å². The molecular weight excluding hydrogens is 312 g/mol. The maximum atomic E-state index is 11.8. The average molecular weight is 338 g/mol. The maximum absolute atomic E-state index is 11.8. The molecule has 0 radical (unpaired) electrons. The van der Waals surface area contributed by atoms with E-state index in [-0.39, 0.29) is 0 Å². The number of hydrogen-bond donors (Lipinski definition) is 0. The van der Waals surface area contributed by atoms with E-state index in [1.54, 1.807) is 12.1 Å². The molecule has 0 spiro atoms. The second-order valence-electron chi connectivity index (χ2n) is 6.88. The molecule has 0 aromatic carbocycles. The lowest BCUT2D eigenvalue weighted by Crippen LogP contribution is -2.31. The third kappa shape index (κ3) is 6.89. The number of hydrogen-bond acceptors (Lipinski definition) is 4. The first kappa shape index (κ1) is 20.6. The van der Waals surface area contributed by atoms with Crippen molar-refractivity contribution in [2.24, 2.45) is 11.8 Å². The highest BCUT2D eigenvalue weighted by Gasteiger charge is 2.35. The molecule has 25 heavy (non-hydrogen) atoms. The molecular formula is C21H26N2O2. The Morgan fingerprint density at radius 1 is 1.08 bits per heavy atom. The highest BCUT2D eigenvalue weighted by atomic mass is 16.1. The molecule has 2 unspecified atom stereocenters. The normalized spacial score (nSPS) is 20.0. The molecule has 0 saturated heterocycles. The van der Waals surface area contributed by atoms with Crippen molar-refractivity contribution in [2.45, 2.75) is 59.3 Å². The smallest absolute Gasteiger partial charge is 0.236 e. The minimum absolute atomic E-state index is 0.378. The Morgan fingerprint density at radius 2 is 1.72 bits per heavy atom. The Bertz CT molecular complexity index is 680. The number of carbonyl (C=O) groups is 2. The third-order valence-electron chi connectivity index (χ3n) is 4.57. The largest absolute Gasteiger partial charge is 0.282 e. The van der Waals surface area contributed by atoms with E-state index in [2.05, 4.69) is 32.9 Å². The molecule has 132 valence electrons. The van der Waals surface area contributed by atoms with E-state index in [1.807, 2.05) is 6.08 Å². The number of rotatable bonds is 8. The summed E-state index contributed by atoms with van der Waals surface area (Å²) < 4.78 is 0. The van der Waals surface area contributed by atoms with Crippen molar-refractivity contribution in [3.8, 4) is 12.1 Å². The SMILES string of the molecule is CC(C)=CCC/C(C)=C\CCC1=CCC(C(=O)C#N)C(C(=O)C#N)C1. The molecule has 0 aliphatic heterocycles. The third-order valence-corrected chi connectivity index (χ3v) is 4.57. The number of nitriles is 2. The van der Waals surface area contributed by atoms with Crippen LogP contribution in [0.3, 0.4) is 0 Å². The monoisotopic (exact) mass is 338 g/mol. The summed E-state index contributed by atoms with van der Waals surface area (Å²) in [6.07, 6.45) is 11.0. The zero-order valence-corrected chi connectivity index (χ0v) is 15.3. The van der Waals surface area contributed by atoms with Crippen molar-refractivity contribution >= 4 is 11.6 Å². The number of nitrogens with zero attached hydrogens (tertiary/aromatic N) is 2. The zero-order chi connectivity index (χ0) is 18.8. The van der Waals surface area contributed by atoms with Crippen molar-refractivity contribution in [2.75, 3.05) is 0 Å².